The van der Waals surface area contributed by atoms with Crippen molar-refractivity contribution in [1.29, 1.82) is 0 Å². The van der Waals surface area contributed by atoms with E-state index in [1.807, 2.05) is 12.0 Å². The Labute approximate surface area is 261 Å². The van der Waals surface area contributed by atoms with Gasteiger partial charge < -0.3 is 15.3 Å². The minimum Gasteiger partial charge on any atom is -0.394 e. The van der Waals surface area contributed by atoms with E-state index in [0.29, 0.717) is 35.8 Å². The SMILES string of the molecule is C=C(C)[C@@H]1[C@H](CO)ON(Cc2cccc(CN(CCN(C)C)C3CCCCC3)c2)[C@@H]1C(=O)N[C@H]1C[C@H]2C[C@@H]([C@@H]1C)C2(C)C. The number of hydrogen-bond acceptors (Lipinski definition) is 6. The summed E-state index contributed by atoms with van der Waals surface area (Å²) < 4.78 is 0. The fourth-order valence-electron chi connectivity index (χ4n) is 8.87. The Balaban J connectivity index is 1.31. The van der Waals surface area contributed by atoms with Crippen LogP contribution in [0.3, 0.4) is 0 Å². The first-order valence-corrected chi connectivity index (χ1v) is 17.0. The maximum absolute atomic E-state index is 14.1. The van der Waals surface area contributed by atoms with Gasteiger partial charge in [0, 0.05) is 37.6 Å². The van der Waals surface area contributed by atoms with Crippen LogP contribution in [0.15, 0.2) is 36.4 Å². The molecule has 7 atom stereocenters. The summed E-state index contributed by atoms with van der Waals surface area (Å²) in [6.07, 6.45) is 8.44. The van der Waals surface area contributed by atoms with E-state index in [1.54, 1.807) is 0 Å². The Hall–Kier alpha value is -1.77. The van der Waals surface area contributed by atoms with Crippen molar-refractivity contribution in [2.24, 2.45) is 29.1 Å². The number of benzene rings is 1. The summed E-state index contributed by atoms with van der Waals surface area (Å²) >= 11 is 0. The lowest BCUT2D eigenvalue weighted by molar-refractivity contribution is -0.183. The normalized spacial score (nSPS) is 32.6. The topological polar surface area (TPSA) is 68.3 Å². The van der Waals surface area contributed by atoms with Crippen LogP contribution in [0.2, 0.25) is 0 Å². The summed E-state index contributed by atoms with van der Waals surface area (Å²) in [5.74, 6) is 1.52. The van der Waals surface area contributed by atoms with Gasteiger partial charge in [-0.2, -0.15) is 5.06 Å². The lowest BCUT2D eigenvalue weighted by Gasteiger charge is -2.62. The molecule has 4 saturated carbocycles. The lowest BCUT2D eigenvalue weighted by atomic mass is 9.45. The number of aliphatic hydroxyl groups excluding tert-OH is 1. The van der Waals surface area contributed by atoms with Crippen molar-refractivity contribution in [2.75, 3.05) is 33.8 Å². The maximum atomic E-state index is 14.1. The predicted octanol–water partition coefficient (Wildman–Crippen LogP) is 5.24. The Bertz CT molecular complexity index is 1120. The molecule has 7 nitrogen and oxygen atoms in total. The third-order valence-electron chi connectivity index (χ3n) is 11.7. The quantitative estimate of drug-likeness (QED) is 0.323. The molecule has 6 rings (SSSR count). The van der Waals surface area contributed by atoms with Gasteiger partial charge >= 0.3 is 0 Å². The zero-order chi connectivity index (χ0) is 30.9. The van der Waals surface area contributed by atoms with E-state index < -0.39 is 12.1 Å². The van der Waals surface area contributed by atoms with Crippen molar-refractivity contribution < 1.29 is 14.7 Å². The number of carbonyl (C=O) groups excluding carboxylic acids is 1. The first kappa shape index (κ1) is 32.6. The smallest absolute Gasteiger partial charge is 0.240 e. The van der Waals surface area contributed by atoms with Crippen molar-refractivity contribution >= 4 is 5.91 Å². The summed E-state index contributed by atoms with van der Waals surface area (Å²) in [4.78, 5) is 25.3. The van der Waals surface area contributed by atoms with E-state index >= 15 is 0 Å². The average Bonchev–Trinajstić information content (AvgIpc) is 3.35. The van der Waals surface area contributed by atoms with Gasteiger partial charge in [-0.1, -0.05) is 76.5 Å². The second kappa shape index (κ2) is 13.7. The number of carbonyl (C=O) groups is 1. The molecule has 5 aliphatic rings. The van der Waals surface area contributed by atoms with Crippen LogP contribution in [-0.4, -0.2) is 83.9 Å². The molecule has 1 saturated heterocycles. The molecule has 2 N–H and O–H groups in total. The maximum Gasteiger partial charge on any atom is 0.240 e. The number of likely N-dealkylation sites (N-methyl/N-ethyl adjacent to an activating group) is 1. The zero-order valence-electron chi connectivity index (χ0n) is 27.7. The van der Waals surface area contributed by atoms with Gasteiger partial charge in [-0.25, -0.2) is 0 Å². The molecule has 0 spiro atoms. The number of hydrogen-bond donors (Lipinski definition) is 2. The predicted molar refractivity (Wildman–Crippen MR) is 173 cm³/mol. The molecule has 1 heterocycles. The van der Waals surface area contributed by atoms with Crippen LogP contribution >= 0.6 is 0 Å². The van der Waals surface area contributed by atoms with E-state index in [9.17, 15) is 9.90 Å². The van der Waals surface area contributed by atoms with Gasteiger partial charge in [-0.3, -0.25) is 14.5 Å². The highest BCUT2D eigenvalue weighted by atomic mass is 16.7. The molecular weight excluding hydrogens is 536 g/mol. The second-order valence-corrected chi connectivity index (χ2v) is 15.2. The summed E-state index contributed by atoms with van der Waals surface area (Å²) in [7, 11) is 4.30. The van der Waals surface area contributed by atoms with E-state index in [1.165, 1.54) is 44.1 Å². The molecular formula is C36H58N4O3. The number of hydroxylamine groups is 2. The molecule has 0 aromatic heterocycles. The highest BCUT2D eigenvalue weighted by molar-refractivity contribution is 5.83. The third-order valence-corrected chi connectivity index (χ3v) is 11.7. The van der Waals surface area contributed by atoms with E-state index in [0.717, 1.165) is 37.2 Å². The van der Waals surface area contributed by atoms with Gasteiger partial charge in [0.15, 0.2) is 0 Å². The van der Waals surface area contributed by atoms with Gasteiger partial charge in [0.25, 0.3) is 0 Å². The fraction of sp³-hybridized carbons (Fsp3) is 0.750. The van der Waals surface area contributed by atoms with Gasteiger partial charge in [-0.05, 0) is 81.0 Å². The Kier molecular flexibility index (Phi) is 10.4. The molecule has 240 valence electrons. The standard InChI is InChI=1S/C36H58N4O3/c1-24(2)33-32(23-41)43-40(34(33)35(42)37-31-20-28-19-30(25(31)3)36(28,4)5)22-27-13-11-12-26(18-27)21-39(17-16-38(6)7)29-14-9-8-10-15-29/h11-13,18,25,28-34,41H,1,8-10,14-17,19-23H2,2-7H3,(H,37,42)/t25-,28+,30-,31-,32-,33+,34-/m0/s1. The molecule has 43 heavy (non-hydrogen) atoms. The Morgan fingerprint density at radius 2 is 1.86 bits per heavy atom. The molecule has 1 aromatic rings. The van der Waals surface area contributed by atoms with Crippen LogP contribution in [0.5, 0.6) is 0 Å². The van der Waals surface area contributed by atoms with Crippen LogP contribution in [0.4, 0.5) is 0 Å². The highest BCUT2D eigenvalue weighted by Gasteiger charge is 2.57. The van der Waals surface area contributed by atoms with Crippen molar-refractivity contribution in [3.63, 3.8) is 0 Å². The number of nitrogens with zero attached hydrogens (tertiary/aromatic N) is 3. The van der Waals surface area contributed by atoms with E-state index in [-0.39, 0.29) is 24.5 Å². The zero-order valence-corrected chi connectivity index (χ0v) is 27.7. The van der Waals surface area contributed by atoms with Gasteiger partial charge in [0.05, 0.1) is 13.2 Å². The summed E-state index contributed by atoms with van der Waals surface area (Å²) in [5, 5.41) is 15.5. The summed E-state index contributed by atoms with van der Waals surface area (Å²) in [6, 6.07) is 9.09. The first-order chi connectivity index (χ1) is 20.5. The number of rotatable bonds is 12. The minimum absolute atomic E-state index is 0.00298. The van der Waals surface area contributed by atoms with Gasteiger partial charge in [0.1, 0.15) is 12.1 Å². The minimum atomic E-state index is -0.518. The molecule has 0 unspecified atom stereocenters. The van der Waals surface area contributed by atoms with Gasteiger partial charge in [-0.15, -0.1) is 0 Å². The van der Waals surface area contributed by atoms with E-state index in [2.05, 4.69) is 80.8 Å². The second-order valence-electron chi connectivity index (χ2n) is 15.2. The third kappa shape index (κ3) is 7.06. The monoisotopic (exact) mass is 594 g/mol. The molecule has 1 aliphatic heterocycles. The van der Waals surface area contributed by atoms with E-state index in [4.69, 9.17) is 4.84 Å². The van der Waals surface area contributed by atoms with Crippen LogP contribution in [0, 0.1) is 29.1 Å². The Morgan fingerprint density at radius 3 is 2.49 bits per heavy atom. The largest absolute Gasteiger partial charge is 0.394 e. The van der Waals surface area contributed by atoms with Crippen molar-refractivity contribution in [1.82, 2.24) is 20.2 Å². The Morgan fingerprint density at radius 1 is 1.14 bits per heavy atom. The summed E-state index contributed by atoms with van der Waals surface area (Å²) in [6.45, 7) is 16.7. The van der Waals surface area contributed by atoms with Crippen molar-refractivity contribution in [2.45, 2.75) is 110 Å². The highest BCUT2D eigenvalue weighted by Crippen LogP contribution is 2.61. The molecule has 0 radical (unpaired) electrons. The van der Waals surface area contributed by atoms with Crippen LogP contribution in [0.1, 0.15) is 83.8 Å². The molecule has 5 fully saturated rings. The lowest BCUT2D eigenvalue weighted by Crippen LogP contribution is -2.62. The van der Waals surface area contributed by atoms with Crippen molar-refractivity contribution in [3.8, 4) is 0 Å². The molecule has 1 amide bonds. The summed E-state index contributed by atoms with van der Waals surface area (Å²) in [5.41, 5.74) is 3.67. The fourth-order valence-corrected chi connectivity index (χ4v) is 8.87. The molecule has 7 heteroatoms. The van der Waals surface area contributed by atoms with Crippen molar-refractivity contribution in [3.05, 3.63) is 47.5 Å². The van der Waals surface area contributed by atoms with Crippen LogP contribution in [0.25, 0.3) is 0 Å². The number of amides is 1. The number of nitrogens with one attached hydrogen (secondary N) is 1. The van der Waals surface area contributed by atoms with Gasteiger partial charge in [0.2, 0.25) is 5.91 Å². The molecule has 1 aromatic carbocycles. The number of fused-ring (bicyclic) bond motifs is 2. The van der Waals surface area contributed by atoms with Crippen LogP contribution < -0.4 is 5.32 Å². The number of aliphatic hydroxyl groups is 1. The van der Waals surface area contributed by atoms with Crippen LogP contribution in [-0.2, 0) is 22.7 Å². The molecule has 4 aliphatic carbocycles. The first-order valence-electron chi connectivity index (χ1n) is 17.0. The average molecular weight is 595 g/mol. The molecule has 2 bridgehead atoms.